The van der Waals surface area contributed by atoms with Gasteiger partial charge in [0, 0.05) is 18.3 Å². The Labute approximate surface area is 138 Å². The Balaban J connectivity index is 1.70. The molecular formula is C17H17N3O4. The molecule has 7 nitrogen and oxygen atoms in total. The van der Waals surface area contributed by atoms with Gasteiger partial charge in [-0.15, -0.1) is 0 Å². The van der Waals surface area contributed by atoms with E-state index >= 15 is 0 Å². The van der Waals surface area contributed by atoms with Crippen molar-refractivity contribution in [2.75, 3.05) is 12.4 Å². The average Bonchev–Trinajstić information content (AvgIpc) is 2.57. The van der Waals surface area contributed by atoms with Gasteiger partial charge in [0.15, 0.2) is 0 Å². The average molecular weight is 327 g/mol. The summed E-state index contributed by atoms with van der Waals surface area (Å²) < 4.78 is 4.57. The summed E-state index contributed by atoms with van der Waals surface area (Å²) in [5, 5.41) is 14.3. The summed E-state index contributed by atoms with van der Waals surface area (Å²) in [5.74, 6) is -0.00815. The van der Waals surface area contributed by atoms with Crippen LogP contribution in [0.3, 0.4) is 0 Å². The third kappa shape index (κ3) is 3.19. The second-order valence-electron chi connectivity index (χ2n) is 5.76. The number of carbonyl (C=O) groups is 1. The molecule has 0 atom stereocenters. The Morgan fingerprint density at radius 1 is 1.33 bits per heavy atom. The number of hydrogen-bond acceptors (Lipinski definition) is 6. The highest BCUT2D eigenvalue weighted by atomic mass is 16.6. The van der Waals surface area contributed by atoms with E-state index in [1.165, 1.54) is 24.9 Å². The van der Waals surface area contributed by atoms with Gasteiger partial charge in [-0.3, -0.25) is 10.1 Å². The van der Waals surface area contributed by atoms with Crippen LogP contribution >= 0.6 is 0 Å². The van der Waals surface area contributed by atoms with E-state index in [0.29, 0.717) is 5.92 Å². The Morgan fingerprint density at radius 2 is 2.04 bits per heavy atom. The molecule has 0 aliphatic heterocycles. The lowest BCUT2D eigenvalue weighted by Crippen LogP contribution is -2.34. The minimum absolute atomic E-state index is 0.0607. The molecule has 1 aromatic heterocycles. The van der Waals surface area contributed by atoms with E-state index in [9.17, 15) is 14.9 Å². The molecule has 3 rings (SSSR count). The van der Waals surface area contributed by atoms with Gasteiger partial charge in [0.05, 0.1) is 17.6 Å². The maximum atomic E-state index is 11.5. The number of methoxy groups -OCH3 is 1. The van der Waals surface area contributed by atoms with Crippen LogP contribution in [0.25, 0.3) is 0 Å². The number of nitrogens with one attached hydrogen (secondary N) is 1. The lowest BCUT2D eigenvalue weighted by Gasteiger charge is -2.36. The van der Waals surface area contributed by atoms with Crippen LogP contribution < -0.4 is 5.32 Å². The fourth-order valence-electron chi connectivity index (χ4n) is 2.86. The van der Waals surface area contributed by atoms with Crippen LogP contribution in [-0.2, 0) is 4.74 Å². The second-order valence-corrected chi connectivity index (χ2v) is 5.76. The standard InChI is InChI=1S/C17H17N3O4/c1-24-17(21)13-9-15(20(22)23)16(18-10-13)19-14-7-12(8-14)11-5-3-2-4-6-11/h2-6,9-10,12,14H,7-8H2,1H3,(H,18,19). The number of carbonyl (C=O) groups excluding carboxylic acids is 1. The zero-order chi connectivity index (χ0) is 17.1. The van der Waals surface area contributed by atoms with Crippen LogP contribution in [0.5, 0.6) is 0 Å². The zero-order valence-electron chi connectivity index (χ0n) is 13.1. The van der Waals surface area contributed by atoms with Gasteiger partial charge < -0.3 is 10.1 Å². The van der Waals surface area contributed by atoms with Crippen molar-refractivity contribution < 1.29 is 14.5 Å². The molecule has 0 amide bonds. The first-order valence-electron chi connectivity index (χ1n) is 7.62. The van der Waals surface area contributed by atoms with Gasteiger partial charge in [-0.1, -0.05) is 30.3 Å². The van der Waals surface area contributed by atoms with Crippen molar-refractivity contribution in [1.82, 2.24) is 4.98 Å². The van der Waals surface area contributed by atoms with Crippen molar-refractivity contribution in [3.05, 3.63) is 63.8 Å². The molecule has 1 aromatic carbocycles. The number of ether oxygens (including phenoxy) is 1. The quantitative estimate of drug-likeness (QED) is 0.515. The predicted molar refractivity (Wildman–Crippen MR) is 88.1 cm³/mol. The highest BCUT2D eigenvalue weighted by molar-refractivity contribution is 5.90. The third-order valence-electron chi connectivity index (χ3n) is 4.24. The maximum absolute atomic E-state index is 11.5. The summed E-state index contributed by atoms with van der Waals surface area (Å²) >= 11 is 0. The van der Waals surface area contributed by atoms with Crippen molar-refractivity contribution in [3.8, 4) is 0 Å². The summed E-state index contributed by atoms with van der Waals surface area (Å²) in [6.07, 6.45) is 3.07. The van der Waals surface area contributed by atoms with Crippen molar-refractivity contribution in [2.24, 2.45) is 0 Å². The molecule has 1 aliphatic carbocycles. The Morgan fingerprint density at radius 3 is 2.67 bits per heavy atom. The highest BCUT2D eigenvalue weighted by Gasteiger charge is 2.32. The number of esters is 1. The summed E-state index contributed by atoms with van der Waals surface area (Å²) in [7, 11) is 1.22. The minimum atomic E-state index is -0.648. The molecular weight excluding hydrogens is 310 g/mol. The topological polar surface area (TPSA) is 94.4 Å². The number of nitrogens with zero attached hydrogens (tertiary/aromatic N) is 2. The van der Waals surface area contributed by atoms with Gasteiger partial charge in [-0.2, -0.15) is 0 Å². The lowest BCUT2D eigenvalue weighted by atomic mass is 9.76. The molecule has 1 heterocycles. The van der Waals surface area contributed by atoms with Crippen LogP contribution in [0.15, 0.2) is 42.6 Å². The van der Waals surface area contributed by atoms with Crippen molar-refractivity contribution in [3.63, 3.8) is 0 Å². The number of aromatic nitrogens is 1. The predicted octanol–water partition coefficient (Wildman–Crippen LogP) is 3.13. The summed E-state index contributed by atoms with van der Waals surface area (Å²) in [6, 6.07) is 11.5. The van der Waals surface area contributed by atoms with Crippen molar-refractivity contribution in [2.45, 2.75) is 24.8 Å². The first-order chi connectivity index (χ1) is 11.6. The molecule has 1 fully saturated rings. The van der Waals surface area contributed by atoms with E-state index in [-0.39, 0.29) is 23.1 Å². The van der Waals surface area contributed by atoms with Crippen LogP contribution in [0.2, 0.25) is 0 Å². The molecule has 1 N–H and O–H groups in total. The number of benzene rings is 1. The third-order valence-corrected chi connectivity index (χ3v) is 4.24. The molecule has 0 bridgehead atoms. The second kappa shape index (κ2) is 6.66. The number of pyridine rings is 1. The maximum Gasteiger partial charge on any atom is 0.339 e. The number of nitro groups is 1. The number of anilines is 1. The first-order valence-corrected chi connectivity index (χ1v) is 7.62. The van der Waals surface area contributed by atoms with Crippen LogP contribution in [0, 0.1) is 10.1 Å². The van der Waals surface area contributed by atoms with Gasteiger partial charge in [-0.05, 0) is 24.3 Å². The first kappa shape index (κ1) is 15.9. The van der Waals surface area contributed by atoms with E-state index < -0.39 is 10.9 Å². The Bertz CT molecular complexity index is 758. The van der Waals surface area contributed by atoms with E-state index in [0.717, 1.165) is 12.8 Å². The zero-order valence-corrected chi connectivity index (χ0v) is 13.1. The molecule has 1 aliphatic rings. The normalized spacial score (nSPS) is 19.2. The van der Waals surface area contributed by atoms with Gasteiger partial charge in [-0.25, -0.2) is 9.78 Å². The van der Waals surface area contributed by atoms with Crippen LogP contribution in [0.1, 0.15) is 34.7 Å². The molecule has 0 unspecified atom stereocenters. The molecule has 0 spiro atoms. The van der Waals surface area contributed by atoms with Crippen molar-refractivity contribution >= 4 is 17.5 Å². The summed E-state index contributed by atoms with van der Waals surface area (Å²) in [4.78, 5) is 26.2. The van der Waals surface area contributed by atoms with Crippen LogP contribution in [-0.4, -0.2) is 29.0 Å². The molecule has 124 valence electrons. The lowest BCUT2D eigenvalue weighted by molar-refractivity contribution is -0.384. The molecule has 0 radical (unpaired) electrons. The summed E-state index contributed by atoms with van der Waals surface area (Å²) in [6.45, 7) is 0. The minimum Gasteiger partial charge on any atom is -0.465 e. The van der Waals surface area contributed by atoms with Gasteiger partial charge in [0.2, 0.25) is 5.82 Å². The van der Waals surface area contributed by atoms with E-state index in [2.05, 4.69) is 27.2 Å². The van der Waals surface area contributed by atoms with Crippen molar-refractivity contribution in [1.29, 1.82) is 0 Å². The monoisotopic (exact) mass is 327 g/mol. The molecule has 2 aromatic rings. The Kier molecular flexibility index (Phi) is 4.41. The van der Waals surface area contributed by atoms with Gasteiger partial charge in [0.1, 0.15) is 0 Å². The number of hydrogen-bond donors (Lipinski definition) is 1. The molecule has 24 heavy (non-hydrogen) atoms. The molecule has 7 heteroatoms. The summed E-state index contributed by atoms with van der Waals surface area (Å²) in [5.41, 5.74) is 1.12. The fraction of sp³-hybridized carbons (Fsp3) is 0.294. The van der Waals surface area contributed by atoms with Crippen LogP contribution in [0.4, 0.5) is 11.5 Å². The number of rotatable bonds is 5. The van der Waals surface area contributed by atoms with E-state index in [1.807, 2.05) is 18.2 Å². The van der Waals surface area contributed by atoms with E-state index in [4.69, 9.17) is 0 Å². The van der Waals surface area contributed by atoms with Gasteiger partial charge in [0.25, 0.3) is 0 Å². The largest absolute Gasteiger partial charge is 0.465 e. The Hall–Kier alpha value is -2.96. The van der Waals surface area contributed by atoms with Gasteiger partial charge >= 0.3 is 11.7 Å². The fourth-order valence-corrected chi connectivity index (χ4v) is 2.86. The molecule has 1 saturated carbocycles. The van der Waals surface area contributed by atoms with E-state index in [1.54, 1.807) is 0 Å². The molecule has 0 saturated heterocycles. The SMILES string of the molecule is COC(=O)c1cnc(NC2CC(c3ccccc3)C2)c([N+](=O)[O-])c1. The highest BCUT2D eigenvalue weighted by Crippen LogP contribution is 2.39. The smallest absolute Gasteiger partial charge is 0.339 e.